The number of halogens is 1. The second-order valence-corrected chi connectivity index (χ2v) is 10.2. The van der Waals surface area contributed by atoms with E-state index in [0.29, 0.717) is 36.5 Å². The quantitative estimate of drug-likeness (QED) is 0.737. The highest BCUT2D eigenvalue weighted by Gasteiger charge is 2.39. The fourth-order valence-electron chi connectivity index (χ4n) is 4.20. The molecule has 9 heteroatoms. The lowest BCUT2D eigenvalue weighted by Gasteiger charge is -2.24. The van der Waals surface area contributed by atoms with Crippen molar-refractivity contribution in [3.63, 3.8) is 0 Å². The number of sulfonamides is 1. The summed E-state index contributed by atoms with van der Waals surface area (Å²) in [7, 11) is -3.80. The summed E-state index contributed by atoms with van der Waals surface area (Å²) in [5.74, 6) is -0.256. The van der Waals surface area contributed by atoms with Gasteiger partial charge >= 0.3 is 0 Å². The summed E-state index contributed by atoms with van der Waals surface area (Å²) in [5, 5.41) is 3.30. The Hall–Kier alpha value is -2.42. The summed E-state index contributed by atoms with van der Waals surface area (Å²) < 4.78 is 27.4. The van der Waals surface area contributed by atoms with Crippen LogP contribution >= 0.6 is 11.6 Å². The molecule has 4 rings (SSSR count). The lowest BCUT2D eigenvalue weighted by Crippen LogP contribution is -2.43. The van der Waals surface area contributed by atoms with E-state index in [0.717, 1.165) is 17.7 Å². The molecule has 31 heavy (non-hydrogen) atoms. The summed E-state index contributed by atoms with van der Waals surface area (Å²) >= 11 is 5.87. The van der Waals surface area contributed by atoms with Gasteiger partial charge in [-0.2, -0.15) is 4.31 Å². The molecule has 0 aliphatic carbocycles. The van der Waals surface area contributed by atoms with Crippen LogP contribution in [0.2, 0.25) is 5.02 Å². The number of amides is 2. The van der Waals surface area contributed by atoms with Crippen molar-refractivity contribution < 1.29 is 18.0 Å². The zero-order valence-corrected chi connectivity index (χ0v) is 18.7. The number of aryl methyl sites for hydroxylation is 1. The molecule has 2 aromatic rings. The molecular weight excluding hydrogens is 438 g/mol. The maximum Gasteiger partial charge on any atom is 0.243 e. The van der Waals surface area contributed by atoms with Gasteiger partial charge in [0.1, 0.15) is 6.04 Å². The molecule has 0 saturated carbocycles. The highest BCUT2D eigenvalue weighted by atomic mass is 35.5. The van der Waals surface area contributed by atoms with Gasteiger partial charge in [0.05, 0.1) is 4.90 Å². The van der Waals surface area contributed by atoms with Gasteiger partial charge in [-0.3, -0.25) is 9.59 Å². The summed E-state index contributed by atoms with van der Waals surface area (Å²) in [6.45, 7) is 2.88. The molecule has 2 amide bonds. The monoisotopic (exact) mass is 461 g/mol. The van der Waals surface area contributed by atoms with Crippen LogP contribution in [-0.2, 0) is 19.6 Å². The summed E-state index contributed by atoms with van der Waals surface area (Å²) in [6, 6.07) is 10.6. The molecule has 0 bridgehead atoms. The second kappa shape index (κ2) is 8.61. The molecule has 2 aliphatic heterocycles. The molecule has 1 atom stereocenters. The average molecular weight is 462 g/mol. The molecule has 1 N–H and O–H groups in total. The van der Waals surface area contributed by atoms with Gasteiger partial charge in [-0.15, -0.1) is 0 Å². The Kier molecular flexibility index (Phi) is 6.05. The summed E-state index contributed by atoms with van der Waals surface area (Å²) in [5.41, 5.74) is 2.30. The fraction of sp³-hybridized carbons (Fsp3) is 0.364. The normalized spacial score (nSPS) is 19.7. The number of nitrogens with one attached hydrogen (secondary N) is 1. The maximum absolute atomic E-state index is 13.1. The van der Waals surface area contributed by atoms with Crippen molar-refractivity contribution in [2.24, 2.45) is 0 Å². The Labute approximate surface area is 187 Å². The van der Waals surface area contributed by atoms with Crippen molar-refractivity contribution in [3.8, 4) is 0 Å². The van der Waals surface area contributed by atoms with E-state index in [-0.39, 0.29) is 23.3 Å². The Morgan fingerprint density at radius 1 is 1.10 bits per heavy atom. The van der Waals surface area contributed by atoms with Gasteiger partial charge < -0.3 is 10.2 Å². The predicted molar refractivity (Wildman–Crippen MR) is 120 cm³/mol. The Bertz CT molecular complexity index is 1120. The Morgan fingerprint density at radius 2 is 1.84 bits per heavy atom. The third kappa shape index (κ3) is 4.33. The molecule has 2 saturated heterocycles. The van der Waals surface area contributed by atoms with Crippen molar-refractivity contribution in [1.29, 1.82) is 0 Å². The van der Waals surface area contributed by atoms with Gasteiger partial charge in [0.15, 0.2) is 0 Å². The number of rotatable bonds is 5. The molecular formula is C22H24ClN3O4S. The molecule has 164 valence electrons. The lowest BCUT2D eigenvalue weighted by molar-refractivity contribution is -0.119. The third-order valence-corrected chi connectivity index (χ3v) is 7.93. The van der Waals surface area contributed by atoms with E-state index >= 15 is 0 Å². The minimum Gasteiger partial charge on any atom is -0.325 e. The smallest absolute Gasteiger partial charge is 0.243 e. The van der Waals surface area contributed by atoms with E-state index < -0.39 is 16.1 Å². The first kappa shape index (κ1) is 21.8. The van der Waals surface area contributed by atoms with Crippen LogP contribution in [0.5, 0.6) is 0 Å². The standard InChI is InChI=1S/C22H24ClN3O4S/c1-15-14-17(8-11-19(15)25-12-3-5-21(25)27)24-22(28)20-4-2-13-26(20)31(29,30)18-9-6-16(23)7-10-18/h6-11,14,20H,2-5,12-13H2,1H3,(H,24,28). The number of nitrogens with zero attached hydrogens (tertiary/aromatic N) is 2. The average Bonchev–Trinajstić information content (AvgIpc) is 3.38. The molecule has 0 spiro atoms. The summed E-state index contributed by atoms with van der Waals surface area (Å²) in [4.78, 5) is 26.9. The number of carbonyl (C=O) groups excluding carboxylic acids is 2. The number of anilines is 2. The number of hydrogen-bond donors (Lipinski definition) is 1. The topological polar surface area (TPSA) is 86.8 Å². The van der Waals surface area contributed by atoms with Gasteiger partial charge in [0.25, 0.3) is 0 Å². The third-order valence-electron chi connectivity index (χ3n) is 5.76. The van der Waals surface area contributed by atoms with E-state index in [1.807, 2.05) is 19.1 Å². The van der Waals surface area contributed by atoms with Crippen LogP contribution in [-0.4, -0.2) is 43.7 Å². The molecule has 2 aliphatic rings. The molecule has 0 radical (unpaired) electrons. The van der Waals surface area contributed by atoms with Crippen LogP contribution in [0.15, 0.2) is 47.4 Å². The van der Waals surface area contributed by atoms with Crippen LogP contribution in [0.3, 0.4) is 0 Å². The minimum absolute atomic E-state index is 0.105. The van der Waals surface area contributed by atoms with Crippen LogP contribution in [0.4, 0.5) is 11.4 Å². The van der Waals surface area contributed by atoms with Gasteiger partial charge in [-0.05, 0) is 74.2 Å². The molecule has 0 aromatic heterocycles. The fourth-order valence-corrected chi connectivity index (χ4v) is 5.98. The highest BCUT2D eigenvalue weighted by Crippen LogP contribution is 2.30. The first-order valence-corrected chi connectivity index (χ1v) is 12.1. The Balaban J connectivity index is 1.51. The molecule has 2 aromatic carbocycles. The van der Waals surface area contributed by atoms with Crippen molar-refractivity contribution in [1.82, 2.24) is 4.31 Å². The number of benzene rings is 2. The minimum atomic E-state index is -3.80. The molecule has 7 nitrogen and oxygen atoms in total. The summed E-state index contributed by atoms with van der Waals surface area (Å²) in [6.07, 6.45) is 2.46. The van der Waals surface area contributed by atoms with Crippen molar-refractivity contribution in [2.75, 3.05) is 23.3 Å². The van der Waals surface area contributed by atoms with Gasteiger partial charge in [-0.1, -0.05) is 11.6 Å². The van der Waals surface area contributed by atoms with Gasteiger partial charge in [0.2, 0.25) is 21.8 Å². The van der Waals surface area contributed by atoms with Crippen molar-refractivity contribution >= 4 is 44.8 Å². The van der Waals surface area contributed by atoms with E-state index in [9.17, 15) is 18.0 Å². The van der Waals surface area contributed by atoms with Crippen LogP contribution in [0, 0.1) is 6.92 Å². The van der Waals surface area contributed by atoms with Crippen LogP contribution in [0.25, 0.3) is 0 Å². The van der Waals surface area contributed by atoms with E-state index in [1.165, 1.54) is 28.6 Å². The van der Waals surface area contributed by atoms with Crippen LogP contribution in [0.1, 0.15) is 31.2 Å². The maximum atomic E-state index is 13.1. The molecule has 2 fully saturated rings. The van der Waals surface area contributed by atoms with Crippen molar-refractivity contribution in [2.45, 2.75) is 43.5 Å². The molecule has 2 heterocycles. The zero-order valence-electron chi connectivity index (χ0n) is 17.2. The first-order valence-electron chi connectivity index (χ1n) is 10.3. The van der Waals surface area contributed by atoms with Gasteiger partial charge in [0, 0.05) is 35.9 Å². The van der Waals surface area contributed by atoms with E-state index in [2.05, 4.69) is 5.32 Å². The van der Waals surface area contributed by atoms with Crippen LogP contribution < -0.4 is 10.2 Å². The highest BCUT2D eigenvalue weighted by molar-refractivity contribution is 7.89. The zero-order chi connectivity index (χ0) is 22.2. The predicted octanol–water partition coefficient (Wildman–Crippen LogP) is 3.57. The first-order chi connectivity index (χ1) is 14.8. The van der Waals surface area contributed by atoms with E-state index in [4.69, 9.17) is 11.6 Å². The SMILES string of the molecule is Cc1cc(NC(=O)C2CCCN2S(=O)(=O)c2ccc(Cl)cc2)ccc1N1CCCC1=O. The largest absolute Gasteiger partial charge is 0.325 e. The number of hydrogen-bond acceptors (Lipinski definition) is 4. The van der Waals surface area contributed by atoms with Crippen molar-refractivity contribution in [3.05, 3.63) is 53.1 Å². The lowest BCUT2D eigenvalue weighted by atomic mass is 10.1. The number of carbonyl (C=O) groups is 2. The van der Waals surface area contributed by atoms with Gasteiger partial charge in [-0.25, -0.2) is 8.42 Å². The second-order valence-electron chi connectivity index (χ2n) is 7.87. The Morgan fingerprint density at radius 3 is 2.48 bits per heavy atom. The molecule has 1 unspecified atom stereocenters. The van der Waals surface area contributed by atoms with E-state index in [1.54, 1.807) is 11.0 Å².